The van der Waals surface area contributed by atoms with Crippen molar-refractivity contribution in [3.8, 4) is 17.2 Å². The first-order chi connectivity index (χ1) is 18.7. The van der Waals surface area contributed by atoms with Crippen molar-refractivity contribution in [2.75, 3.05) is 46.6 Å². The molecule has 0 amide bonds. The highest BCUT2D eigenvalue weighted by atomic mass is 32.1. The summed E-state index contributed by atoms with van der Waals surface area (Å²) in [6.07, 6.45) is 0. The third-order valence-electron chi connectivity index (χ3n) is 6.47. The molecule has 11 heteroatoms. The first-order valence-corrected chi connectivity index (χ1v) is 12.5. The lowest BCUT2D eigenvalue weighted by molar-refractivity contribution is -0.136. The number of anilines is 2. The highest BCUT2D eigenvalue weighted by Gasteiger charge is 2.38. The maximum atomic E-state index is 13.8. The second-order valence-corrected chi connectivity index (χ2v) is 9.55. The minimum absolute atomic E-state index is 0.220. The summed E-state index contributed by atoms with van der Waals surface area (Å²) in [4.78, 5) is 38.9. The lowest BCUT2D eigenvalue weighted by atomic mass is 9.81. The Bertz CT molecular complexity index is 1460. The molecule has 0 radical (unpaired) electrons. The zero-order valence-corrected chi connectivity index (χ0v) is 23.1. The average Bonchev–Trinajstić information content (AvgIpc) is 3.29. The lowest BCUT2D eigenvalue weighted by Crippen LogP contribution is -2.23. The zero-order chi connectivity index (χ0) is 28.4. The number of nitrogens with one attached hydrogen (secondary N) is 1. The van der Waals surface area contributed by atoms with Gasteiger partial charge in [0.2, 0.25) is 11.5 Å². The Labute approximate surface area is 229 Å². The summed E-state index contributed by atoms with van der Waals surface area (Å²) in [6, 6.07) is 9.78. The molecule has 3 N–H and O–H groups in total. The van der Waals surface area contributed by atoms with Gasteiger partial charge in [0.25, 0.3) is 0 Å². The molecule has 1 aromatic heterocycles. The Morgan fingerprint density at radius 1 is 0.846 bits per heavy atom. The number of fused-ring (bicyclic) bond motifs is 1. The van der Waals surface area contributed by atoms with Crippen molar-refractivity contribution >= 4 is 39.7 Å². The van der Waals surface area contributed by atoms with E-state index in [1.807, 2.05) is 0 Å². The van der Waals surface area contributed by atoms with E-state index in [9.17, 15) is 14.4 Å². The van der Waals surface area contributed by atoms with Gasteiger partial charge in [0.05, 0.1) is 57.4 Å². The molecule has 0 fully saturated rings. The summed E-state index contributed by atoms with van der Waals surface area (Å²) in [7, 11) is 7.01. The normalized spacial score (nSPS) is 14.2. The predicted molar refractivity (Wildman–Crippen MR) is 146 cm³/mol. The van der Waals surface area contributed by atoms with Gasteiger partial charge in [-0.3, -0.25) is 4.79 Å². The summed E-state index contributed by atoms with van der Waals surface area (Å²) >= 11 is 1.18. The van der Waals surface area contributed by atoms with Gasteiger partial charge >= 0.3 is 11.9 Å². The Kier molecular flexibility index (Phi) is 7.82. The number of carbonyl (C=O) groups excluding carboxylic acids is 3. The number of rotatable bonds is 8. The number of nitrogen functional groups attached to an aromatic ring is 1. The van der Waals surface area contributed by atoms with Crippen LogP contribution in [0.25, 0.3) is 0 Å². The Morgan fingerprint density at radius 2 is 1.44 bits per heavy atom. The molecule has 4 rings (SSSR count). The molecule has 1 atom stereocenters. The Balaban J connectivity index is 1.87. The second kappa shape index (κ2) is 11.1. The molecular weight excluding hydrogens is 524 g/mol. The van der Waals surface area contributed by atoms with Crippen LogP contribution < -0.4 is 25.3 Å². The van der Waals surface area contributed by atoms with Crippen molar-refractivity contribution in [2.45, 2.75) is 12.8 Å². The van der Waals surface area contributed by atoms with Gasteiger partial charge in [0, 0.05) is 22.7 Å². The monoisotopic (exact) mass is 552 g/mol. The van der Waals surface area contributed by atoms with Crippen molar-refractivity contribution in [1.82, 2.24) is 0 Å². The van der Waals surface area contributed by atoms with Gasteiger partial charge in [-0.05, 0) is 36.8 Å². The van der Waals surface area contributed by atoms with Gasteiger partial charge in [0.15, 0.2) is 11.5 Å². The van der Waals surface area contributed by atoms with Crippen LogP contribution in [0.4, 0.5) is 10.7 Å². The Hall–Kier alpha value is -4.51. The number of ketones is 1. The van der Waals surface area contributed by atoms with E-state index in [1.54, 1.807) is 43.3 Å². The van der Waals surface area contributed by atoms with E-state index in [2.05, 4.69) is 5.32 Å². The SMILES string of the molecule is COC(=O)C1=C(C)Nc2sc(C(=O)c3cc(OC)c(OC)c(OC)c3)c(N)c2C1c1ccc(C(=O)OC)cc1. The molecular formula is C28H28N2O8S. The number of carbonyl (C=O) groups is 3. The molecule has 0 bridgehead atoms. The van der Waals surface area contributed by atoms with Crippen LogP contribution in [-0.4, -0.2) is 53.3 Å². The van der Waals surface area contributed by atoms with Crippen LogP contribution in [-0.2, 0) is 14.3 Å². The number of benzene rings is 2. The summed E-state index contributed by atoms with van der Waals surface area (Å²) in [5.74, 6) is -1.03. The largest absolute Gasteiger partial charge is 0.493 e. The van der Waals surface area contributed by atoms with E-state index in [0.717, 1.165) is 0 Å². The smallest absolute Gasteiger partial charge is 0.337 e. The van der Waals surface area contributed by atoms with E-state index in [-0.39, 0.29) is 21.9 Å². The fraction of sp³-hybridized carbons (Fsp3) is 0.250. The molecule has 0 spiro atoms. The van der Waals surface area contributed by atoms with Crippen molar-refractivity contribution in [3.63, 3.8) is 0 Å². The fourth-order valence-electron chi connectivity index (χ4n) is 4.59. The molecule has 0 saturated carbocycles. The number of methoxy groups -OCH3 is 5. The second-order valence-electron chi connectivity index (χ2n) is 8.53. The van der Waals surface area contributed by atoms with Gasteiger partial charge in [-0.1, -0.05) is 12.1 Å². The number of ether oxygens (including phenoxy) is 5. The van der Waals surface area contributed by atoms with Crippen molar-refractivity contribution in [1.29, 1.82) is 0 Å². The van der Waals surface area contributed by atoms with E-state index in [4.69, 9.17) is 29.4 Å². The van der Waals surface area contributed by atoms with Crippen LogP contribution in [0, 0.1) is 0 Å². The summed E-state index contributed by atoms with van der Waals surface area (Å²) in [5, 5.41) is 3.84. The minimum Gasteiger partial charge on any atom is -0.493 e. The van der Waals surface area contributed by atoms with Gasteiger partial charge < -0.3 is 34.7 Å². The van der Waals surface area contributed by atoms with Crippen molar-refractivity contribution in [3.05, 3.63) is 74.8 Å². The van der Waals surface area contributed by atoms with Crippen molar-refractivity contribution < 1.29 is 38.1 Å². The first kappa shape index (κ1) is 27.5. The molecule has 0 saturated heterocycles. The topological polar surface area (TPSA) is 135 Å². The van der Waals surface area contributed by atoms with Crippen LogP contribution in [0.2, 0.25) is 0 Å². The third-order valence-corrected chi connectivity index (χ3v) is 7.61. The molecule has 2 heterocycles. The summed E-state index contributed by atoms with van der Waals surface area (Å²) in [6.45, 7) is 1.75. The van der Waals surface area contributed by atoms with Crippen LogP contribution in [0.15, 0.2) is 47.7 Å². The third kappa shape index (κ3) is 4.76. The number of esters is 2. The molecule has 10 nitrogen and oxygen atoms in total. The number of thiophene rings is 1. The number of nitrogens with two attached hydrogens (primary N) is 1. The molecule has 39 heavy (non-hydrogen) atoms. The number of allylic oxidation sites excluding steroid dienone is 1. The molecule has 3 aromatic rings. The number of hydrogen-bond acceptors (Lipinski definition) is 11. The van der Waals surface area contributed by atoms with Crippen LogP contribution in [0.1, 0.15) is 49.6 Å². The fourth-order valence-corrected chi connectivity index (χ4v) is 5.77. The maximum absolute atomic E-state index is 13.8. The summed E-state index contributed by atoms with van der Waals surface area (Å²) < 4.78 is 26.1. The minimum atomic E-state index is -0.655. The zero-order valence-electron chi connectivity index (χ0n) is 22.3. The van der Waals surface area contributed by atoms with E-state index in [1.165, 1.54) is 46.9 Å². The molecule has 1 aliphatic rings. The highest BCUT2D eigenvalue weighted by Crippen LogP contribution is 2.51. The van der Waals surface area contributed by atoms with Crippen LogP contribution in [0.3, 0.4) is 0 Å². The predicted octanol–water partition coefficient (Wildman–Crippen LogP) is 4.38. The highest BCUT2D eigenvalue weighted by molar-refractivity contribution is 7.19. The molecule has 204 valence electrons. The molecule has 0 aliphatic carbocycles. The van der Waals surface area contributed by atoms with Crippen molar-refractivity contribution in [2.24, 2.45) is 0 Å². The molecule has 1 unspecified atom stereocenters. The van der Waals surface area contributed by atoms with Crippen LogP contribution >= 0.6 is 11.3 Å². The molecule has 1 aliphatic heterocycles. The maximum Gasteiger partial charge on any atom is 0.337 e. The van der Waals surface area contributed by atoms with E-state index < -0.39 is 17.9 Å². The average molecular weight is 553 g/mol. The van der Waals surface area contributed by atoms with E-state index >= 15 is 0 Å². The van der Waals surface area contributed by atoms with Gasteiger partial charge in [-0.15, -0.1) is 11.3 Å². The quantitative estimate of drug-likeness (QED) is 0.306. The summed E-state index contributed by atoms with van der Waals surface area (Å²) in [5.41, 5.74) is 9.65. The van der Waals surface area contributed by atoms with Gasteiger partial charge in [0.1, 0.15) is 4.88 Å². The first-order valence-electron chi connectivity index (χ1n) is 11.7. The van der Waals surface area contributed by atoms with Gasteiger partial charge in [-0.2, -0.15) is 0 Å². The van der Waals surface area contributed by atoms with Crippen LogP contribution in [0.5, 0.6) is 17.2 Å². The standard InChI is InChI=1S/C28H28N2O8S/c1-13-19(28(33)38-6)20(14-7-9-15(10-8-14)27(32)37-5)21-22(29)25(39-26(21)30-13)23(31)16-11-17(34-2)24(36-4)18(12-16)35-3/h7-12,20,30H,29H2,1-6H3. The Morgan fingerprint density at radius 3 is 1.95 bits per heavy atom. The lowest BCUT2D eigenvalue weighted by Gasteiger charge is -2.28. The van der Waals surface area contributed by atoms with E-state index in [0.29, 0.717) is 50.2 Å². The van der Waals surface area contributed by atoms with Gasteiger partial charge in [-0.25, -0.2) is 9.59 Å². The molecule has 2 aromatic carbocycles. The number of hydrogen-bond donors (Lipinski definition) is 2.